The molecule has 1 aliphatic heterocycles. The molecule has 0 bridgehead atoms. The summed E-state index contributed by atoms with van der Waals surface area (Å²) in [7, 11) is 5.83. The van der Waals surface area contributed by atoms with E-state index in [0.717, 1.165) is 51.7 Å². The number of likely N-dealkylation sites (N-methyl/N-ethyl adjacent to an activating group) is 1. The molecule has 7 nitrogen and oxygen atoms in total. The summed E-state index contributed by atoms with van der Waals surface area (Å²) in [6.07, 6.45) is 1.82. The minimum atomic E-state index is -0.107. The Hall–Kier alpha value is -3.10. The van der Waals surface area contributed by atoms with Gasteiger partial charge < -0.3 is 9.80 Å². The number of anilines is 1. The Morgan fingerprint density at radius 1 is 1.16 bits per heavy atom. The summed E-state index contributed by atoms with van der Waals surface area (Å²) in [5.74, 6) is 0. The van der Waals surface area contributed by atoms with Gasteiger partial charge in [-0.15, -0.1) is 0 Å². The number of carbonyl (C=O) groups excluding carboxylic acids is 1. The molecule has 2 amide bonds. The highest BCUT2D eigenvalue weighted by atomic mass is 32.1. The summed E-state index contributed by atoms with van der Waals surface area (Å²) in [6.45, 7) is 5.43. The fourth-order valence-corrected chi connectivity index (χ4v) is 4.73. The number of likely N-dealkylation sites (tertiary alicyclic amines) is 1. The number of hydrogen-bond acceptors (Lipinski definition) is 6. The third-order valence-electron chi connectivity index (χ3n) is 5.50. The van der Waals surface area contributed by atoms with Crippen LogP contribution in [0, 0.1) is 13.8 Å². The van der Waals surface area contributed by atoms with Crippen LogP contribution in [0.4, 0.5) is 9.93 Å². The molecule has 32 heavy (non-hydrogen) atoms. The van der Waals surface area contributed by atoms with Crippen molar-refractivity contribution in [2.45, 2.75) is 19.9 Å². The number of aromatic nitrogens is 2. The standard InChI is InChI=1S/C24H28N6OS/c1-15-9-19(10-16(2)26-15)22-21(18-8-6-7-17(11-18)12-25-3)27-23(32-22)28-24(31)30-13-20(14-30)29(4)5/h6-12,20H,13-14H2,1-5H3,(H,27,28,31)/b25-12-. The quantitative estimate of drug-likeness (QED) is 0.590. The Morgan fingerprint density at radius 2 is 1.88 bits per heavy atom. The van der Waals surface area contributed by atoms with Gasteiger partial charge in [-0.25, -0.2) is 9.78 Å². The largest absolute Gasteiger partial charge is 0.323 e. The molecule has 0 aliphatic carbocycles. The van der Waals surface area contributed by atoms with E-state index in [2.05, 4.69) is 38.4 Å². The summed E-state index contributed by atoms with van der Waals surface area (Å²) in [5, 5.41) is 3.60. The zero-order valence-electron chi connectivity index (χ0n) is 19.1. The van der Waals surface area contributed by atoms with E-state index in [1.54, 1.807) is 7.05 Å². The average Bonchev–Trinajstić information content (AvgIpc) is 3.10. The summed E-state index contributed by atoms with van der Waals surface area (Å²) >= 11 is 1.49. The van der Waals surface area contributed by atoms with Gasteiger partial charge in [-0.1, -0.05) is 29.5 Å². The van der Waals surface area contributed by atoms with E-state index < -0.39 is 0 Å². The van der Waals surface area contributed by atoms with Crippen LogP contribution in [0.25, 0.3) is 21.7 Å². The average molecular weight is 449 g/mol. The zero-order chi connectivity index (χ0) is 22.8. The SMILES string of the molecule is C/N=C\c1cccc(-c2nc(NC(=O)N3CC(N(C)C)C3)sc2-c2cc(C)nc(C)c2)c1. The van der Waals surface area contributed by atoms with Gasteiger partial charge in [0.1, 0.15) is 0 Å². The van der Waals surface area contributed by atoms with Gasteiger partial charge in [-0.2, -0.15) is 0 Å². The van der Waals surface area contributed by atoms with Crippen molar-refractivity contribution in [3.05, 3.63) is 53.3 Å². The molecular formula is C24H28N6OS. The Balaban J connectivity index is 1.69. The predicted octanol–water partition coefficient (Wildman–Crippen LogP) is 4.32. The number of thiazole rings is 1. The first kappa shape index (κ1) is 22.1. The fourth-order valence-electron chi connectivity index (χ4n) is 3.76. The van der Waals surface area contributed by atoms with Crippen molar-refractivity contribution in [1.29, 1.82) is 0 Å². The lowest BCUT2D eigenvalue weighted by molar-refractivity contribution is 0.0942. The molecule has 2 aromatic heterocycles. The molecule has 1 fully saturated rings. The minimum absolute atomic E-state index is 0.107. The van der Waals surface area contributed by atoms with Gasteiger partial charge >= 0.3 is 6.03 Å². The number of nitrogens with one attached hydrogen (secondary N) is 1. The smallest absolute Gasteiger partial charge is 0.321 e. The Bertz CT molecular complexity index is 1140. The van der Waals surface area contributed by atoms with Crippen molar-refractivity contribution in [3.8, 4) is 21.7 Å². The zero-order valence-corrected chi connectivity index (χ0v) is 19.9. The molecule has 0 spiro atoms. The lowest BCUT2D eigenvalue weighted by atomic mass is 10.0. The van der Waals surface area contributed by atoms with Crippen molar-refractivity contribution in [2.24, 2.45) is 4.99 Å². The molecule has 166 valence electrons. The lowest BCUT2D eigenvalue weighted by Crippen LogP contribution is -2.60. The monoisotopic (exact) mass is 448 g/mol. The van der Waals surface area contributed by atoms with Crippen molar-refractivity contribution < 1.29 is 4.79 Å². The maximum Gasteiger partial charge on any atom is 0.323 e. The van der Waals surface area contributed by atoms with Gasteiger partial charge in [-0.3, -0.25) is 15.3 Å². The molecule has 1 aliphatic rings. The molecule has 0 atom stereocenters. The van der Waals surface area contributed by atoms with Crippen LogP contribution in [0.1, 0.15) is 17.0 Å². The van der Waals surface area contributed by atoms with Crippen LogP contribution in [0.5, 0.6) is 0 Å². The van der Waals surface area contributed by atoms with Crippen LogP contribution in [0.15, 0.2) is 41.4 Å². The molecule has 1 aromatic carbocycles. The molecule has 0 saturated carbocycles. The molecule has 1 saturated heterocycles. The van der Waals surface area contributed by atoms with Crippen LogP contribution in [0.3, 0.4) is 0 Å². The summed E-state index contributed by atoms with van der Waals surface area (Å²) in [6, 6.07) is 12.5. The predicted molar refractivity (Wildman–Crippen MR) is 132 cm³/mol. The number of pyridine rings is 1. The van der Waals surface area contributed by atoms with Gasteiger partial charge in [0.15, 0.2) is 5.13 Å². The third-order valence-corrected chi connectivity index (χ3v) is 6.52. The number of aryl methyl sites for hydroxylation is 2. The molecule has 0 radical (unpaired) electrons. The summed E-state index contributed by atoms with van der Waals surface area (Å²) < 4.78 is 0. The first-order chi connectivity index (χ1) is 15.3. The number of aliphatic imine (C=N–C) groups is 1. The first-order valence-corrected chi connectivity index (χ1v) is 11.4. The van der Waals surface area contributed by atoms with E-state index in [1.807, 2.05) is 57.3 Å². The molecule has 3 aromatic rings. The van der Waals surface area contributed by atoms with E-state index in [1.165, 1.54) is 11.3 Å². The number of rotatable bonds is 5. The van der Waals surface area contributed by atoms with E-state index in [9.17, 15) is 4.79 Å². The van der Waals surface area contributed by atoms with E-state index in [0.29, 0.717) is 11.2 Å². The number of amides is 2. The highest BCUT2D eigenvalue weighted by Gasteiger charge is 2.32. The van der Waals surface area contributed by atoms with Crippen molar-refractivity contribution in [1.82, 2.24) is 19.8 Å². The molecular weight excluding hydrogens is 420 g/mol. The third kappa shape index (κ3) is 4.71. The summed E-state index contributed by atoms with van der Waals surface area (Å²) in [5.41, 5.74) is 5.79. The van der Waals surface area contributed by atoms with Gasteiger partial charge in [0.05, 0.1) is 10.6 Å². The number of urea groups is 1. The topological polar surface area (TPSA) is 73.7 Å². The maximum atomic E-state index is 12.7. The summed E-state index contributed by atoms with van der Waals surface area (Å²) in [4.78, 5) is 31.2. The van der Waals surface area contributed by atoms with Crippen LogP contribution in [0.2, 0.25) is 0 Å². The Morgan fingerprint density at radius 3 is 2.53 bits per heavy atom. The number of carbonyl (C=O) groups is 1. The van der Waals surface area contributed by atoms with Crippen LogP contribution in [-0.2, 0) is 0 Å². The van der Waals surface area contributed by atoms with Crippen LogP contribution in [-0.4, -0.2) is 72.3 Å². The highest BCUT2D eigenvalue weighted by Crippen LogP contribution is 2.39. The Labute approximate surface area is 192 Å². The first-order valence-electron chi connectivity index (χ1n) is 10.6. The van der Waals surface area contributed by atoms with Crippen molar-refractivity contribution in [3.63, 3.8) is 0 Å². The molecule has 1 N–H and O–H groups in total. The maximum absolute atomic E-state index is 12.7. The van der Waals surface area contributed by atoms with Crippen molar-refractivity contribution >= 4 is 28.7 Å². The number of benzene rings is 1. The molecule has 3 heterocycles. The van der Waals surface area contributed by atoms with Gasteiger partial charge in [0, 0.05) is 49.3 Å². The second-order valence-corrected chi connectivity index (χ2v) is 9.30. The van der Waals surface area contributed by atoms with Crippen LogP contribution >= 0.6 is 11.3 Å². The Kier molecular flexibility index (Phi) is 6.34. The molecule has 4 rings (SSSR count). The van der Waals surface area contributed by atoms with E-state index in [-0.39, 0.29) is 6.03 Å². The highest BCUT2D eigenvalue weighted by molar-refractivity contribution is 7.19. The second kappa shape index (κ2) is 9.18. The lowest BCUT2D eigenvalue weighted by Gasteiger charge is -2.42. The van der Waals surface area contributed by atoms with Gasteiger partial charge in [-0.05, 0) is 57.3 Å². The molecule has 8 heteroatoms. The fraction of sp³-hybridized carbons (Fsp3) is 0.333. The van der Waals surface area contributed by atoms with E-state index in [4.69, 9.17) is 4.98 Å². The minimum Gasteiger partial charge on any atom is -0.321 e. The molecule has 0 unspecified atom stereocenters. The van der Waals surface area contributed by atoms with Gasteiger partial charge in [0.25, 0.3) is 0 Å². The van der Waals surface area contributed by atoms with E-state index >= 15 is 0 Å². The second-order valence-electron chi connectivity index (χ2n) is 8.30. The van der Waals surface area contributed by atoms with Crippen LogP contribution < -0.4 is 5.32 Å². The van der Waals surface area contributed by atoms with Gasteiger partial charge in [0.2, 0.25) is 0 Å². The van der Waals surface area contributed by atoms with Crippen molar-refractivity contribution in [2.75, 3.05) is 39.5 Å². The normalized spacial score (nSPS) is 14.2. The number of hydrogen-bond donors (Lipinski definition) is 1. The number of nitrogens with zero attached hydrogens (tertiary/aromatic N) is 5.